The molecule has 2 aromatic carbocycles. The smallest absolute Gasteiger partial charge is 0.126 e. The third-order valence-electron chi connectivity index (χ3n) is 3.15. The number of halogens is 2. The molecule has 106 valence electrons. The van der Waals surface area contributed by atoms with Crippen molar-refractivity contribution in [2.24, 2.45) is 0 Å². The van der Waals surface area contributed by atoms with E-state index >= 15 is 0 Å². The Morgan fingerprint density at radius 3 is 2.50 bits per heavy atom. The molecule has 0 saturated carbocycles. The second-order valence-electron chi connectivity index (χ2n) is 5.00. The average molecular weight is 293 g/mol. The minimum atomic E-state index is -0.174. The number of aryl methyl sites for hydroxylation is 1. The molecule has 4 heteroatoms. The Hall–Kier alpha value is -1.74. The molecule has 0 spiro atoms. The predicted octanol–water partition coefficient (Wildman–Crippen LogP) is 4.47. The van der Waals surface area contributed by atoms with Crippen LogP contribution in [0.25, 0.3) is 0 Å². The number of anilines is 2. The van der Waals surface area contributed by atoms with Crippen LogP contribution >= 0.6 is 11.6 Å². The highest BCUT2D eigenvalue weighted by atomic mass is 35.5. The topological polar surface area (TPSA) is 15.3 Å². The van der Waals surface area contributed by atoms with Gasteiger partial charge in [-0.15, -0.1) is 0 Å². The summed E-state index contributed by atoms with van der Waals surface area (Å²) in [7, 11) is 3.91. The van der Waals surface area contributed by atoms with Crippen LogP contribution in [0.4, 0.5) is 15.8 Å². The SMILES string of the molecule is Cc1cc(CNc2ccc(N(C)C)c(Cl)c2)ccc1F. The van der Waals surface area contributed by atoms with E-state index in [0.29, 0.717) is 17.1 Å². The molecule has 20 heavy (non-hydrogen) atoms. The molecule has 0 unspecified atom stereocenters. The monoisotopic (exact) mass is 292 g/mol. The molecule has 0 aliphatic carbocycles. The van der Waals surface area contributed by atoms with Crippen molar-refractivity contribution in [2.75, 3.05) is 24.3 Å². The Balaban J connectivity index is 2.07. The molecular formula is C16H18ClFN2. The van der Waals surface area contributed by atoms with E-state index in [9.17, 15) is 4.39 Å². The van der Waals surface area contributed by atoms with E-state index in [2.05, 4.69) is 5.32 Å². The molecule has 0 radical (unpaired) electrons. The maximum atomic E-state index is 13.2. The van der Waals surface area contributed by atoms with Gasteiger partial charge < -0.3 is 10.2 Å². The van der Waals surface area contributed by atoms with E-state index in [1.165, 1.54) is 6.07 Å². The van der Waals surface area contributed by atoms with Gasteiger partial charge >= 0.3 is 0 Å². The van der Waals surface area contributed by atoms with Gasteiger partial charge in [0, 0.05) is 26.3 Å². The Bertz CT molecular complexity index is 611. The number of hydrogen-bond acceptors (Lipinski definition) is 2. The van der Waals surface area contributed by atoms with Crippen molar-refractivity contribution in [2.45, 2.75) is 13.5 Å². The Kier molecular flexibility index (Phi) is 4.50. The number of nitrogens with one attached hydrogen (secondary N) is 1. The lowest BCUT2D eigenvalue weighted by Crippen LogP contribution is -2.09. The zero-order chi connectivity index (χ0) is 14.7. The second kappa shape index (κ2) is 6.14. The highest BCUT2D eigenvalue weighted by Gasteiger charge is 2.04. The van der Waals surface area contributed by atoms with Crippen LogP contribution in [0, 0.1) is 12.7 Å². The van der Waals surface area contributed by atoms with Gasteiger partial charge in [-0.3, -0.25) is 0 Å². The minimum Gasteiger partial charge on any atom is -0.381 e. The van der Waals surface area contributed by atoms with Crippen molar-refractivity contribution in [1.82, 2.24) is 0 Å². The summed E-state index contributed by atoms with van der Waals surface area (Å²) in [6, 6.07) is 11.0. The molecule has 0 heterocycles. The van der Waals surface area contributed by atoms with Gasteiger partial charge in [-0.25, -0.2) is 4.39 Å². The van der Waals surface area contributed by atoms with Gasteiger partial charge in [0.25, 0.3) is 0 Å². The van der Waals surface area contributed by atoms with Crippen molar-refractivity contribution >= 4 is 23.0 Å². The molecule has 0 aromatic heterocycles. The fourth-order valence-corrected chi connectivity index (χ4v) is 2.35. The maximum absolute atomic E-state index is 13.2. The van der Waals surface area contributed by atoms with Crippen LogP contribution in [-0.4, -0.2) is 14.1 Å². The van der Waals surface area contributed by atoms with Gasteiger partial charge in [0.05, 0.1) is 10.7 Å². The standard InChI is InChI=1S/C16H18ClFN2/c1-11-8-12(4-6-15(11)18)10-19-13-5-7-16(20(2)3)14(17)9-13/h4-9,19H,10H2,1-3H3. The fraction of sp³-hybridized carbons (Fsp3) is 0.250. The number of hydrogen-bond donors (Lipinski definition) is 1. The zero-order valence-corrected chi connectivity index (χ0v) is 12.6. The lowest BCUT2D eigenvalue weighted by molar-refractivity contribution is 0.617. The summed E-state index contributed by atoms with van der Waals surface area (Å²) in [5.41, 5.74) is 3.62. The number of rotatable bonds is 4. The molecule has 0 fully saturated rings. The van der Waals surface area contributed by atoms with Gasteiger partial charge in [0.15, 0.2) is 0 Å². The van der Waals surface area contributed by atoms with Crippen LogP contribution in [-0.2, 0) is 6.54 Å². The zero-order valence-electron chi connectivity index (χ0n) is 11.9. The molecule has 0 saturated heterocycles. The maximum Gasteiger partial charge on any atom is 0.126 e. The van der Waals surface area contributed by atoms with E-state index in [1.54, 1.807) is 13.0 Å². The first kappa shape index (κ1) is 14.7. The highest BCUT2D eigenvalue weighted by molar-refractivity contribution is 6.33. The Labute approximate surface area is 124 Å². The van der Waals surface area contributed by atoms with Crippen molar-refractivity contribution in [3.63, 3.8) is 0 Å². The van der Waals surface area contributed by atoms with E-state index in [4.69, 9.17) is 11.6 Å². The van der Waals surface area contributed by atoms with E-state index in [0.717, 1.165) is 16.9 Å². The highest BCUT2D eigenvalue weighted by Crippen LogP contribution is 2.27. The molecule has 1 N–H and O–H groups in total. The van der Waals surface area contributed by atoms with E-state index < -0.39 is 0 Å². The first-order valence-electron chi connectivity index (χ1n) is 6.43. The van der Waals surface area contributed by atoms with Crippen molar-refractivity contribution in [3.8, 4) is 0 Å². The van der Waals surface area contributed by atoms with Gasteiger partial charge in [0.2, 0.25) is 0 Å². The average Bonchev–Trinajstić information content (AvgIpc) is 2.40. The summed E-state index contributed by atoms with van der Waals surface area (Å²) in [6.45, 7) is 2.40. The van der Waals surface area contributed by atoms with Gasteiger partial charge in [0.1, 0.15) is 5.82 Å². The number of benzene rings is 2. The van der Waals surface area contributed by atoms with Crippen LogP contribution in [0.15, 0.2) is 36.4 Å². The van der Waals surface area contributed by atoms with Gasteiger partial charge in [-0.1, -0.05) is 23.7 Å². The largest absolute Gasteiger partial charge is 0.381 e. The van der Waals surface area contributed by atoms with Crippen LogP contribution in [0.5, 0.6) is 0 Å². The van der Waals surface area contributed by atoms with Crippen LogP contribution < -0.4 is 10.2 Å². The summed E-state index contributed by atoms with van der Waals surface area (Å²) in [5, 5.41) is 3.99. The third kappa shape index (κ3) is 3.42. The summed E-state index contributed by atoms with van der Waals surface area (Å²) in [6.07, 6.45) is 0. The predicted molar refractivity (Wildman–Crippen MR) is 84.2 cm³/mol. The minimum absolute atomic E-state index is 0.174. The van der Waals surface area contributed by atoms with Gasteiger partial charge in [-0.05, 0) is 42.3 Å². The molecule has 2 aromatic rings. The molecule has 2 rings (SSSR count). The summed E-state index contributed by atoms with van der Waals surface area (Å²) in [4.78, 5) is 1.97. The van der Waals surface area contributed by atoms with Crippen molar-refractivity contribution in [3.05, 3.63) is 58.4 Å². The number of nitrogens with zero attached hydrogens (tertiary/aromatic N) is 1. The molecular weight excluding hydrogens is 275 g/mol. The lowest BCUT2D eigenvalue weighted by Gasteiger charge is -2.16. The normalized spacial score (nSPS) is 10.4. The fourth-order valence-electron chi connectivity index (χ4n) is 2.00. The summed E-state index contributed by atoms with van der Waals surface area (Å²) < 4.78 is 13.2. The van der Waals surface area contributed by atoms with Gasteiger partial charge in [-0.2, -0.15) is 0 Å². The van der Waals surface area contributed by atoms with Crippen LogP contribution in [0.2, 0.25) is 5.02 Å². The molecule has 0 aliphatic rings. The third-order valence-corrected chi connectivity index (χ3v) is 3.45. The van der Waals surface area contributed by atoms with E-state index in [-0.39, 0.29) is 5.82 Å². The first-order chi connectivity index (χ1) is 9.47. The summed E-state index contributed by atoms with van der Waals surface area (Å²) in [5.74, 6) is -0.174. The molecule has 0 atom stereocenters. The second-order valence-corrected chi connectivity index (χ2v) is 5.40. The molecule has 0 aliphatic heterocycles. The Morgan fingerprint density at radius 2 is 1.90 bits per heavy atom. The lowest BCUT2D eigenvalue weighted by atomic mass is 10.1. The molecule has 0 amide bonds. The first-order valence-corrected chi connectivity index (χ1v) is 6.81. The molecule has 0 bridgehead atoms. The quantitative estimate of drug-likeness (QED) is 0.894. The van der Waals surface area contributed by atoms with Crippen LogP contribution in [0.1, 0.15) is 11.1 Å². The van der Waals surface area contributed by atoms with E-state index in [1.807, 2.05) is 43.3 Å². The van der Waals surface area contributed by atoms with Crippen LogP contribution in [0.3, 0.4) is 0 Å². The van der Waals surface area contributed by atoms with Crippen molar-refractivity contribution in [1.29, 1.82) is 0 Å². The molecule has 2 nitrogen and oxygen atoms in total. The van der Waals surface area contributed by atoms with Crippen molar-refractivity contribution < 1.29 is 4.39 Å². The Morgan fingerprint density at radius 1 is 1.15 bits per heavy atom. The summed E-state index contributed by atoms with van der Waals surface area (Å²) >= 11 is 6.22.